The Balaban J connectivity index is 0.000000208. The first kappa shape index (κ1) is 39.0. The molecule has 6 rings (SSSR count). The number of aliphatic hydroxyl groups excluding tert-OH is 1. The van der Waals surface area contributed by atoms with E-state index in [1.54, 1.807) is 26.8 Å². The summed E-state index contributed by atoms with van der Waals surface area (Å²) in [6.45, 7) is 5.53. The third-order valence-corrected chi connectivity index (χ3v) is 7.70. The zero-order valence-electron chi connectivity index (χ0n) is 28.9. The number of alkyl halides is 6. The number of nitrogen functional groups attached to an aromatic ring is 1. The van der Waals surface area contributed by atoms with E-state index in [2.05, 4.69) is 40.5 Å². The molecule has 0 spiro atoms. The Bertz CT molecular complexity index is 2370. The number of aliphatic hydroxyl groups is 1. The molecule has 4 aromatic heterocycles. The van der Waals surface area contributed by atoms with Gasteiger partial charge in [-0.15, -0.1) is 0 Å². The molecular weight excluding hydrogens is 720 g/mol. The second kappa shape index (κ2) is 15.4. The maximum absolute atomic E-state index is 13.3. The van der Waals surface area contributed by atoms with E-state index in [-0.39, 0.29) is 63.6 Å². The first-order valence-corrected chi connectivity index (χ1v) is 16.2. The Morgan fingerprint density at radius 3 is 1.78 bits per heavy atom. The number of pyridine rings is 2. The number of nitrogens with one attached hydrogen (secondary N) is 3. The van der Waals surface area contributed by atoms with Crippen molar-refractivity contribution in [1.29, 1.82) is 0 Å². The van der Waals surface area contributed by atoms with E-state index in [1.807, 2.05) is 0 Å². The number of fused-ring (bicyclic) bond motifs is 2. The second-order valence-corrected chi connectivity index (χ2v) is 12.8. The van der Waals surface area contributed by atoms with Crippen LogP contribution in [0.5, 0.6) is 0 Å². The summed E-state index contributed by atoms with van der Waals surface area (Å²) >= 11 is 0. The van der Waals surface area contributed by atoms with Crippen LogP contribution in [-0.2, 0) is 17.1 Å². The topological polar surface area (TPSA) is 185 Å². The van der Waals surface area contributed by atoms with Gasteiger partial charge in [0.15, 0.2) is 11.3 Å². The lowest BCUT2D eigenvalue weighted by molar-refractivity contribution is -0.137. The molecular formula is C36H33F6N9O3. The van der Waals surface area contributed by atoms with E-state index in [0.717, 1.165) is 12.1 Å². The molecule has 0 saturated carbocycles. The molecule has 0 fully saturated rings. The molecule has 2 aromatic carbocycles. The fraction of sp³-hybridized carbons (Fsp3) is 0.250. The summed E-state index contributed by atoms with van der Waals surface area (Å²) < 4.78 is 79.6. The molecule has 0 atom stereocenters. The molecule has 54 heavy (non-hydrogen) atoms. The minimum Gasteiger partial charge on any atom is -0.396 e. The molecule has 0 aliphatic heterocycles. The number of hydrogen-bond donors (Lipinski definition) is 5. The summed E-state index contributed by atoms with van der Waals surface area (Å²) in [6.07, 6.45) is -8.54. The number of aromatic amines is 1. The number of carbonyl (C=O) groups excluding carboxylic acids is 1. The molecule has 0 bridgehead atoms. The average molecular weight is 754 g/mol. The van der Waals surface area contributed by atoms with Gasteiger partial charge in [0.1, 0.15) is 5.82 Å². The van der Waals surface area contributed by atoms with Crippen molar-refractivity contribution in [1.82, 2.24) is 29.9 Å². The smallest absolute Gasteiger partial charge is 0.396 e. The number of benzene rings is 2. The van der Waals surface area contributed by atoms with Crippen LogP contribution in [0, 0.1) is 5.41 Å². The van der Waals surface area contributed by atoms with Crippen molar-refractivity contribution in [2.75, 3.05) is 29.5 Å². The fourth-order valence-electron chi connectivity index (χ4n) is 5.03. The first-order valence-electron chi connectivity index (χ1n) is 16.2. The van der Waals surface area contributed by atoms with Crippen LogP contribution < -0.4 is 21.9 Å². The minimum atomic E-state index is -4.55. The lowest BCUT2D eigenvalue weighted by Gasteiger charge is -2.17. The van der Waals surface area contributed by atoms with Gasteiger partial charge in [0.25, 0.3) is 5.56 Å². The summed E-state index contributed by atoms with van der Waals surface area (Å²) in [7, 11) is 0. The Kier molecular flexibility index (Phi) is 11.2. The zero-order chi connectivity index (χ0) is 39.4. The van der Waals surface area contributed by atoms with Gasteiger partial charge in [-0.25, -0.2) is 9.97 Å². The fourth-order valence-corrected chi connectivity index (χ4v) is 5.03. The van der Waals surface area contributed by atoms with Crippen molar-refractivity contribution in [3.8, 4) is 22.5 Å². The Morgan fingerprint density at radius 1 is 0.741 bits per heavy atom. The summed E-state index contributed by atoms with van der Waals surface area (Å²) in [5.74, 6) is -0.124. The third kappa shape index (κ3) is 9.06. The highest BCUT2D eigenvalue weighted by Gasteiger charge is 2.35. The van der Waals surface area contributed by atoms with Crippen molar-refractivity contribution >= 4 is 45.7 Å². The van der Waals surface area contributed by atoms with Gasteiger partial charge >= 0.3 is 12.4 Å². The SMILES string of the molecule is CC(C)(C)C(=O)Nc1nc2nc(-c3ccccc3C(F)(F)F)ccc2c(=O)[nH]1.Nc1nc(NCCCO)c2ccc(-c3ccccc3C(F)(F)F)nc2n1. The average Bonchev–Trinajstić information content (AvgIpc) is 3.10. The molecule has 4 heterocycles. The van der Waals surface area contributed by atoms with Crippen molar-refractivity contribution in [2.24, 2.45) is 5.41 Å². The van der Waals surface area contributed by atoms with Gasteiger partial charge in [0.05, 0.1) is 33.3 Å². The zero-order valence-corrected chi connectivity index (χ0v) is 28.9. The summed E-state index contributed by atoms with van der Waals surface area (Å²) in [5.41, 5.74) is 2.92. The van der Waals surface area contributed by atoms with E-state index in [4.69, 9.17) is 10.8 Å². The van der Waals surface area contributed by atoms with Crippen LogP contribution >= 0.6 is 0 Å². The monoisotopic (exact) mass is 753 g/mol. The number of amides is 1. The number of rotatable bonds is 7. The lowest BCUT2D eigenvalue weighted by atomic mass is 9.96. The van der Waals surface area contributed by atoms with E-state index in [1.165, 1.54) is 54.6 Å². The largest absolute Gasteiger partial charge is 0.417 e. The highest BCUT2D eigenvalue weighted by atomic mass is 19.4. The van der Waals surface area contributed by atoms with Crippen LogP contribution in [0.3, 0.4) is 0 Å². The molecule has 0 saturated heterocycles. The van der Waals surface area contributed by atoms with Crippen molar-refractivity contribution in [3.63, 3.8) is 0 Å². The maximum Gasteiger partial charge on any atom is 0.417 e. The number of carbonyl (C=O) groups is 1. The van der Waals surface area contributed by atoms with Gasteiger partial charge in [-0.2, -0.15) is 41.3 Å². The van der Waals surface area contributed by atoms with Crippen molar-refractivity contribution in [3.05, 3.63) is 94.3 Å². The molecule has 0 unspecified atom stereocenters. The lowest BCUT2D eigenvalue weighted by Crippen LogP contribution is -2.29. The van der Waals surface area contributed by atoms with Gasteiger partial charge in [0.2, 0.25) is 17.8 Å². The molecule has 282 valence electrons. The number of halogens is 6. The Hall–Kier alpha value is -6.17. The van der Waals surface area contributed by atoms with Crippen LogP contribution in [0.4, 0.5) is 44.1 Å². The molecule has 6 N–H and O–H groups in total. The number of anilines is 3. The van der Waals surface area contributed by atoms with Gasteiger partial charge in [-0.05, 0) is 42.8 Å². The number of aromatic nitrogens is 6. The number of nitrogens with zero attached hydrogens (tertiary/aromatic N) is 5. The van der Waals surface area contributed by atoms with E-state index < -0.39 is 34.5 Å². The summed E-state index contributed by atoms with van der Waals surface area (Å²) in [6, 6.07) is 16.0. The van der Waals surface area contributed by atoms with Crippen LogP contribution in [0.25, 0.3) is 44.6 Å². The predicted octanol–water partition coefficient (Wildman–Crippen LogP) is 7.08. The minimum absolute atomic E-state index is 0.0160. The molecule has 0 aliphatic carbocycles. The van der Waals surface area contributed by atoms with Crippen molar-refractivity contribution in [2.45, 2.75) is 39.5 Å². The van der Waals surface area contributed by atoms with Gasteiger partial charge in [-0.3, -0.25) is 19.9 Å². The summed E-state index contributed by atoms with van der Waals surface area (Å²) in [4.78, 5) is 47.4. The predicted molar refractivity (Wildman–Crippen MR) is 191 cm³/mol. The molecule has 0 aliphatic rings. The molecule has 0 radical (unpaired) electrons. The van der Waals surface area contributed by atoms with Gasteiger partial charge < -0.3 is 16.2 Å². The van der Waals surface area contributed by atoms with Crippen LogP contribution in [0.1, 0.15) is 38.3 Å². The maximum atomic E-state index is 13.3. The second-order valence-electron chi connectivity index (χ2n) is 12.8. The Morgan fingerprint density at radius 2 is 1.26 bits per heavy atom. The number of hydrogen-bond acceptors (Lipinski definition) is 10. The van der Waals surface area contributed by atoms with Crippen molar-refractivity contribution < 1.29 is 36.2 Å². The van der Waals surface area contributed by atoms with E-state index >= 15 is 0 Å². The standard InChI is InChI=1S/C19H17F3N4O2.C17H16F3N5O/c1-18(2,3)16(28)26-17-24-14-11(15(27)25-17)8-9-13(23-14)10-6-4-5-7-12(10)19(20,21)22;18-17(19,20)12-5-2-1-4-10(12)13-7-6-11-14(22-8-3-9-26)24-16(21)25-15(11)23-13/h4-9H,1-3H3,(H2,23,24,25,26,27,28);1-2,4-7,26H,3,8-9H2,(H3,21,22,23,24,25). The highest BCUT2D eigenvalue weighted by molar-refractivity contribution is 5.93. The van der Waals surface area contributed by atoms with Crippen LogP contribution in [-0.4, -0.2) is 54.1 Å². The molecule has 18 heteroatoms. The van der Waals surface area contributed by atoms with Gasteiger partial charge in [0, 0.05) is 29.7 Å². The third-order valence-electron chi connectivity index (χ3n) is 7.70. The van der Waals surface area contributed by atoms with Crippen LogP contribution in [0.2, 0.25) is 0 Å². The quantitative estimate of drug-likeness (QED) is 0.0834. The first-order chi connectivity index (χ1) is 25.4. The highest BCUT2D eigenvalue weighted by Crippen LogP contribution is 2.38. The number of H-pyrrole nitrogens is 1. The number of nitrogens with two attached hydrogens (primary N) is 1. The molecule has 6 aromatic rings. The Labute approximate surface area is 302 Å². The molecule has 1 amide bonds. The van der Waals surface area contributed by atoms with Gasteiger partial charge in [-0.1, -0.05) is 57.2 Å². The van der Waals surface area contributed by atoms with E-state index in [9.17, 15) is 35.9 Å². The normalized spacial score (nSPS) is 12.0. The van der Waals surface area contributed by atoms with E-state index in [0.29, 0.717) is 24.2 Å². The van der Waals surface area contributed by atoms with Crippen LogP contribution in [0.15, 0.2) is 77.6 Å². The molecule has 12 nitrogen and oxygen atoms in total. The summed E-state index contributed by atoms with van der Waals surface area (Å²) in [5, 5.41) is 15.0.